The molecule has 2 rings (SSSR count). The van der Waals surface area contributed by atoms with Gasteiger partial charge in [-0.3, -0.25) is 4.79 Å². The third kappa shape index (κ3) is 0.870. The molecule has 10 heavy (non-hydrogen) atoms. The fourth-order valence-corrected chi connectivity index (χ4v) is 1.61. The van der Waals surface area contributed by atoms with Crippen molar-refractivity contribution in [2.24, 2.45) is 0 Å². The Morgan fingerprint density at radius 1 is 1.50 bits per heavy atom. The largest absolute Gasteiger partial charge is 0.364 e. The Balaban J connectivity index is 1.99. The zero-order valence-electron chi connectivity index (χ0n) is 6.22. The van der Waals surface area contributed by atoms with E-state index in [0.29, 0.717) is 0 Å². The summed E-state index contributed by atoms with van der Waals surface area (Å²) in [7, 11) is 0. The summed E-state index contributed by atoms with van der Waals surface area (Å²) in [6.45, 7) is 1.62. The average Bonchev–Trinajstić information content (AvgIpc) is 2.41. The molecule has 0 amide bonds. The first-order valence-electron chi connectivity index (χ1n) is 3.90. The summed E-state index contributed by atoms with van der Waals surface area (Å²) in [4.78, 5) is 10.8. The molecule has 1 atom stereocenters. The highest BCUT2D eigenvalue weighted by atomic mass is 16.5. The normalized spacial score (nSPS) is 34.7. The molecule has 0 N–H and O–H groups in total. The number of carbonyl (C=O) groups is 1. The summed E-state index contributed by atoms with van der Waals surface area (Å²) in [5, 5.41) is 0. The van der Waals surface area contributed by atoms with Gasteiger partial charge >= 0.3 is 0 Å². The lowest BCUT2D eigenvalue weighted by molar-refractivity contribution is -0.128. The van der Waals surface area contributed by atoms with Crippen LogP contribution in [-0.4, -0.2) is 17.5 Å². The molecule has 1 aliphatic heterocycles. The van der Waals surface area contributed by atoms with Crippen LogP contribution in [0.2, 0.25) is 0 Å². The van der Waals surface area contributed by atoms with Gasteiger partial charge in [0.2, 0.25) is 0 Å². The number of hydrogen-bond donors (Lipinski definition) is 0. The van der Waals surface area contributed by atoms with E-state index in [1.807, 2.05) is 0 Å². The monoisotopic (exact) mass is 140 g/mol. The third-order valence-electron chi connectivity index (χ3n) is 2.52. The zero-order valence-corrected chi connectivity index (χ0v) is 6.22. The van der Waals surface area contributed by atoms with Crippen molar-refractivity contribution < 1.29 is 9.53 Å². The molecule has 1 heterocycles. The summed E-state index contributed by atoms with van der Waals surface area (Å²) in [5.74, 6) is 0.198. The number of carbonyl (C=O) groups excluding carboxylic acids is 1. The molecule has 56 valence electrons. The van der Waals surface area contributed by atoms with Crippen LogP contribution in [0.15, 0.2) is 0 Å². The molecule has 2 heteroatoms. The SMILES string of the molecule is CC(=O)[C@@H]1CCC2(CC2)O1. The molecule has 0 unspecified atom stereocenters. The van der Waals surface area contributed by atoms with Gasteiger partial charge in [0, 0.05) is 0 Å². The Hall–Kier alpha value is -0.370. The van der Waals surface area contributed by atoms with Crippen molar-refractivity contribution in [1.82, 2.24) is 0 Å². The molecular weight excluding hydrogens is 128 g/mol. The van der Waals surface area contributed by atoms with E-state index in [1.54, 1.807) is 6.92 Å². The quantitative estimate of drug-likeness (QED) is 0.548. The molecule has 1 saturated heterocycles. The Bertz CT molecular complexity index is 170. The van der Waals surface area contributed by atoms with Crippen molar-refractivity contribution in [2.45, 2.75) is 44.3 Å². The van der Waals surface area contributed by atoms with Gasteiger partial charge in [-0.2, -0.15) is 0 Å². The smallest absolute Gasteiger partial charge is 0.158 e. The molecule has 1 aliphatic carbocycles. The second-order valence-corrected chi connectivity index (χ2v) is 3.44. The number of hydrogen-bond acceptors (Lipinski definition) is 2. The Kier molecular flexibility index (Phi) is 1.15. The minimum Gasteiger partial charge on any atom is -0.364 e. The number of rotatable bonds is 1. The predicted octanol–water partition coefficient (Wildman–Crippen LogP) is 1.29. The maximum atomic E-state index is 10.8. The van der Waals surface area contributed by atoms with Crippen molar-refractivity contribution in [3.05, 3.63) is 0 Å². The number of ketones is 1. The van der Waals surface area contributed by atoms with Crippen LogP contribution >= 0.6 is 0 Å². The van der Waals surface area contributed by atoms with Gasteiger partial charge in [-0.15, -0.1) is 0 Å². The van der Waals surface area contributed by atoms with Crippen LogP contribution in [0.4, 0.5) is 0 Å². The van der Waals surface area contributed by atoms with Gasteiger partial charge in [0.25, 0.3) is 0 Å². The summed E-state index contributed by atoms with van der Waals surface area (Å²) in [6.07, 6.45) is 4.35. The number of ether oxygens (including phenoxy) is 1. The lowest BCUT2D eigenvalue weighted by atomic mass is 10.1. The topological polar surface area (TPSA) is 26.3 Å². The van der Waals surface area contributed by atoms with Crippen LogP contribution in [0.3, 0.4) is 0 Å². The van der Waals surface area contributed by atoms with Crippen LogP contribution in [0, 0.1) is 0 Å². The van der Waals surface area contributed by atoms with E-state index >= 15 is 0 Å². The molecule has 0 aromatic carbocycles. The fraction of sp³-hybridized carbons (Fsp3) is 0.875. The summed E-state index contributed by atoms with van der Waals surface area (Å²) < 4.78 is 5.57. The molecule has 1 saturated carbocycles. The third-order valence-corrected chi connectivity index (χ3v) is 2.52. The first kappa shape index (κ1) is 6.35. The lowest BCUT2D eigenvalue weighted by Gasteiger charge is -2.07. The van der Waals surface area contributed by atoms with Crippen molar-refractivity contribution >= 4 is 5.78 Å². The van der Waals surface area contributed by atoms with Crippen molar-refractivity contribution in [2.75, 3.05) is 0 Å². The lowest BCUT2D eigenvalue weighted by Crippen LogP contribution is -2.18. The molecule has 2 fully saturated rings. The molecule has 1 spiro atoms. The minimum absolute atomic E-state index is 0.0671. The van der Waals surface area contributed by atoms with Gasteiger partial charge in [0.05, 0.1) is 5.60 Å². The van der Waals surface area contributed by atoms with Crippen LogP contribution in [-0.2, 0) is 9.53 Å². The standard InChI is InChI=1S/C8H12O2/c1-6(9)7-2-3-8(10-7)4-5-8/h7H,2-5H2,1H3/t7-/m0/s1. The fourth-order valence-electron chi connectivity index (χ4n) is 1.61. The van der Waals surface area contributed by atoms with E-state index in [2.05, 4.69) is 0 Å². The first-order valence-corrected chi connectivity index (χ1v) is 3.90. The highest BCUT2D eigenvalue weighted by Crippen LogP contribution is 2.49. The molecular formula is C8H12O2. The summed E-state index contributed by atoms with van der Waals surface area (Å²) in [5.41, 5.74) is 0.177. The minimum atomic E-state index is -0.0671. The maximum absolute atomic E-state index is 10.8. The second kappa shape index (κ2) is 1.82. The van der Waals surface area contributed by atoms with Crippen LogP contribution in [0.5, 0.6) is 0 Å². The van der Waals surface area contributed by atoms with Gasteiger partial charge < -0.3 is 4.74 Å². The van der Waals surface area contributed by atoms with E-state index in [-0.39, 0.29) is 17.5 Å². The second-order valence-electron chi connectivity index (χ2n) is 3.44. The highest BCUT2D eigenvalue weighted by Gasteiger charge is 2.50. The van der Waals surface area contributed by atoms with E-state index in [4.69, 9.17) is 4.74 Å². The average molecular weight is 140 g/mol. The first-order chi connectivity index (χ1) is 4.72. The van der Waals surface area contributed by atoms with E-state index in [9.17, 15) is 4.79 Å². The van der Waals surface area contributed by atoms with E-state index in [1.165, 1.54) is 12.8 Å². The van der Waals surface area contributed by atoms with E-state index in [0.717, 1.165) is 12.8 Å². The van der Waals surface area contributed by atoms with E-state index < -0.39 is 0 Å². The van der Waals surface area contributed by atoms with Crippen molar-refractivity contribution in [3.63, 3.8) is 0 Å². The summed E-state index contributed by atoms with van der Waals surface area (Å²) >= 11 is 0. The molecule has 0 radical (unpaired) electrons. The molecule has 0 bridgehead atoms. The Morgan fingerprint density at radius 2 is 2.20 bits per heavy atom. The Labute approximate surface area is 60.6 Å². The van der Waals surface area contributed by atoms with Gasteiger partial charge in [-0.25, -0.2) is 0 Å². The molecule has 0 aromatic heterocycles. The van der Waals surface area contributed by atoms with Crippen molar-refractivity contribution in [3.8, 4) is 0 Å². The molecule has 2 nitrogen and oxygen atoms in total. The van der Waals surface area contributed by atoms with Crippen molar-refractivity contribution in [1.29, 1.82) is 0 Å². The van der Waals surface area contributed by atoms with Gasteiger partial charge in [0.15, 0.2) is 5.78 Å². The van der Waals surface area contributed by atoms with Gasteiger partial charge in [-0.1, -0.05) is 0 Å². The maximum Gasteiger partial charge on any atom is 0.158 e. The van der Waals surface area contributed by atoms with Crippen LogP contribution in [0.25, 0.3) is 0 Å². The molecule has 0 aromatic rings. The Morgan fingerprint density at radius 3 is 2.50 bits per heavy atom. The van der Waals surface area contributed by atoms with Gasteiger partial charge in [-0.05, 0) is 32.6 Å². The number of Topliss-reactive ketones (excluding diaryl/α,β-unsaturated/α-hetero) is 1. The van der Waals surface area contributed by atoms with Crippen LogP contribution < -0.4 is 0 Å². The summed E-state index contributed by atoms with van der Waals surface area (Å²) in [6, 6.07) is 0. The van der Waals surface area contributed by atoms with Crippen LogP contribution in [0.1, 0.15) is 32.6 Å². The van der Waals surface area contributed by atoms with Gasteiger partial charge in [0.1, 0.15) is 6.10 Å². The highest BCUT2D eigenvalue weighted by molar-refractivity contribution is 5.80. The predicted molar refractivity (Wildman–Crippen MR) is 36.8 cm³/mol. The zero-order chi connectivity index (χ0) is 7.19. The molecule has 2 aliphatic rings.